The Morgan fingerprint density at radius 3 is 2.30 bits per heavy atom. The fourth-order valence-electron chi connectivity index (χ4n) is 2.57. The SMILES string of the molecule is Cc1cc(-c2ccc(NC(C)C)cc2)c(C)cc1/C=C/C(=O)O. The van der Waals surface area contributed by atoms with E-state index in [1.54, 1.807) is 6.08 Å². The number of carbonyl (C=O) groups is 1. The van der Waals surface area contributed by atoms with E-state index in [1.807, 2.05) is 19.9 Å². The maximum Gasteiger partial charge on any atom is 0.328 e. The molecule has 3 nitrogen and oxygen atoms in total. The van der Waals surface area contributed by atoms with E-state index >= 15 is 0 Å². The Balaban J connectivity index is 2.33. The van der Waals surface area contributed by atoms with E-state index in [4.69, 9.17) is 5.11 Å². The molecule has 0 spiro atoms. The van der Waals surface area contributed by atoms with Crippen molar-refractivity contribution in [1.82, 2.24) is 0 Å². The zero-order valence-corrected chi connectivity index (χ0v) is 14.1. The van der Waals surface area contributed by atoms with Gasteiger partial charge in [-0.15, -0.1) is 0 Å². The van der Waals surface area contributed by atoms with Crippen LogP contribution in [0.2, 0.25) is 0 Å². The molecule has 0 aliphatic carbocycles. The lowest BCUT2D eigenvalue weighted by Gasteiger charge is -2.13. The monoisotopic (exact) mass is 309 g/mol. The van der Waals surface area contributed by atoms with Crippen molar-refractivity contribution in [2.45, 2.75) is 33.7 Å². The lowest BCUT2D eigenvalue weighted by molar-refractivity contribution is -0.131. The van der Waals surface area contributed by atoms with Crippen molar-refractivity contribution in [3.8, 4) is 11.1 Å². The molecule has 0 bridgehead atoms. The highest BCUT2D eigenvalue weighted by Crippen LogP contribution is 2.28. The normalized spacial score (nSPS) is 11.2. The van der Waals surface area contributed by atoms with Crippen molar-refractivity contribution in [3.63, 3.8) is 0 Å². The van der Waals surface area contributed by atoms with Crippen molar-refractivity contribution in [2.24, 2.45) is 0 Å². The van der Waals surface area contributed by atoms with Crippen molar-refractivity contribution >= 4 is 17.7 Å². The molecular weight excluding hydrogens is 286 g/mol. The second-order valence-electron chi connectivity index (χ2n) is 6.07. The van der Waals surface area contributed by atoms with Gasteiger partial charge in [-0.3, -0.25) is 0 Å². The van der Waals surface area contributed by atoms with Crippen molar-refractivity contribution < 1.29 is 9.90 Å². The van der Waals surface area contributed by atoms with Gasteiger partial charge in [0.15, 0.2) is 0 Å². The van der Waals surface area contributed by atoms with Crippen LogP contribution in [0.25, 0.3) is 17.2 Å². The van der Waals surface area contributed by atoms with Crippen LogP contribution in [-0.2, 0) is 4.79 Å². The Hall–Kier alpha value is -2.55. The Kier molecular flexibility index (Phi) is 5.22. The molecule has 2 aromatic rings. The molecule has 0 aromatic heterocycles. The summed E-state index contributed by atoms with van der Waals surface area (Å²) in [6.45, 7) is 8.28. The van der Waals surface area contributed by atoms with E-state index in [9.17, 15) is 4.79 Å². The van der Waals surface area contributed by atoms with Crippen LogP contribution in [0.5, 0.6) is 0 Å². The molecule has 0 heterocycles. The molecular formula is C20H23NO2. The van der Waals surface area contributed by atoms with E-state index in [2.05, 4.69) is 49.5 Å². The third-order valence-corrected chi connectivity index (χ3v) is 3.67. The van der Waals surface area contributed by atoms with E-state index < -0.39 is 5.97 Å². The standard InChI is InChI=1S/C20H23NO2/c1-13(2)21-18-8-5-16(6-9-18)19-12-14(3)17(11-15(19)4)7-10-20(22)23/h5-13,21H,1-4H3,(H,22,23)/b10-7+. The lowest BCUT2D eigenvalue weighted by atomic mass is 9.94. The second kappa shape index (κ2) is 7.14. The number of rotatable bonds is 5. The van der Waals surface area contributed by atoms with E-state index in [0.717, 1.165) is 27.9 Å². The predicted octanol–water partition coefficient (Wildman–Crippen LogP) is 4.89. The zero-order chi connectivity index (χ0) is 17.0. The average Bonchev–Trinajstić information content (AvgIpc) is 2.48. The molecule has 0 radical (unpaired) electrons. The number of benzene rings is 2. The van der Waals surface area contributed by atoms with E-state index in [0.29, 0.717) is 6.04 Å². The number of hydrogen-bond acceptors (Lipinski definition) is 2. The molecule has 0 amide bonds. The number of nitrogens with one attached hydrogen (secondary N) is 1. The van der Waals surface area contributed by atoms with Gasteiger partial charge in [0.2, 0.25) is 0 Å². The Morgan fingerprint density at radius 1 is 1.09 bits per heavy atom. The molecule has 0 saturated carbocycles. The van der Waals surface area contributed by atoms with Crippen LogP contribution in [0.15, 0.2) is 42.5 Å². The first-order chi connectivity index (χ1) is 10.9. The summed E-state index contributed by atoms with van der Waals surface area (Å²) in [5.74, 6) is -0.931. The first-order valence-corrected chi connectivity index (χ1v) is 7.76. The fraction of sp³-hybridized carbons (Fsp3) is 0.250. The Bertz CT molecular complexity index is 728. The molecule has 0 atom stereocenters. The fourth-order valence-corrected chi connectivity index (χ4v) is 2.57. The summed E-state index contributed by atoms with van der Waals surface area (Å²) in [5, 5.41) is 12.1. The number of anilines is 1. The van der Waals surface area contributed by atoms with Crippen molar-refractivity contribution in [3.05, 3.63) is 59.2 Å². The highest BCUT2D eigenvalue weighted by molar-refractivity contribution is 5.86. The van der Waals surface area contributed by atoms with Crippen molar-refractivity contribution in [2.75, 3.05) is 5.32 Å². The minimum atomic E-state index is -0.931. The minimum absolute atomic E-state index is 0.408. The summed E-state index contributed by atoms with van der Waals surface area (Å²) in [6, 6.07) is 12.9. The number of aliphatic carboxylic acids is 1. The van der Waals surface area contributed by atoms with Gasteiger partial charge in [0.05, 0.1) is 0 Å². The number of hydrogen-bond donors (Lipinski definition) is 2. The highest BCUT2D eigenvalue weighted by atomic mass is 16.4. The predicted molar refractivity (Wildman–Crippen MR) is 96.8 cm³/mol. The molecule has 120 valence electrons. The van der Waals surface area contributed by atoms with Crippen LogP contribution in [0, 0.1) is 13.8 Å². The van der Waals surface area contributed by atoms with Gasteiger partial charge in [-0.2, -0.15) is 0 Å². The summed E-state index contributed by atoms with van der Waals surface area (Å²) in [7, 11) is 0. The van der Waals surface area contributed by atoms with E-state index in [1.165, 1.54) is 11.6 Å². The van der Waals surface area contributed by atoms with Gasteiger partial charge in [0, 0.05) is 17.8 Å². The third kappa shape index (κ3) is 4.46. The van der Waals surface area contributed by atoms with E-state index in [-0.39, 0.29) is 0 Å². The van der Waals surface area contributed by atoms with Crippen LogP contribution in [-0.4, -0.2) is 17.1 Å². The van der Waals surface area contributed by atoms with Crippen LogP contribution < -0.4 is 5.32 Å². The van der Waals surface area contributed by atoms with Gasteiger partial charge in [-0.25, -0.2) is 4.79 Å². The summed E-state index contributed by atoms with van der Waals surface area (Å²) >= 11 is 0. The summed E-state index contributed by atoms with van der Waals surface area (Å²) in [5.41, 5.74) is 6.57. The lowest BCUT2D eigenvalue weighted by Crippen LogP contribution is -2.09. The smallest absolute Gasteiger partial charge is 0.328 e. The van der Waals surface area contributed by atoms with Crippen LogP contribution in [0.3, 0.4) is 0 Å². The highest BCUT2D eigenvalue weighted by Gasteiger charge is 2.06. The minimum Gasteiger partial charge on any atom is -0.478 e. The second-order valence-corrected chi connectivity index (χ2v) is 6.07. The molecule has 3 heteroatoms. The molecule has 2 N–H and O–H groups in total. The molecule has 2 rings (SSSR count). The van der Waals surface area contributed by atoms with Gasteiger partial charge < -0.3 is 10.4 Å². The van der Waals surface area contributed by atoms with Gasteiger partial charge >= 0.3 is 5.97 Å². The average molecular weight is 309 g/mol. The molecule has 0 unspecified atom stereocenters. The Morgan fingerprint density at radius 2 is 1.74 bits per heavy atom. The molecule has 2 aromatic carbocycles. The van der Waals surface area contributed by atoms with Gasteiger partial charge in [0.25, 0.3) is 0 Å². The largest absolute Gasteiger partial charge is 0.478 e. The Labute approximate surface area is 137 Å². The molecule has 0 saturated heterocycles. The first kappa shape index (κ1) is 16.8. The van der Waals surface area contributed by atoms with Crippen LogP contribution in [0.4, 0.5) is 5.69 Å². The number of aryl methyl sites for hydroxylation is 2. The maximum atomic E-state index is 10.7. The zero-order valence-electron chi connectivity index (χ0n) is 14.1. The number of carboxylic acids is 1. The topological polar surface area (TPSA) is 49.3 Å². The summed E-state index contributed by atoms with van der Waals surface area (Å²) < 4.78 is 0. The third-order valence-electron chi connectivity index (χ3n) is 3.67. The number of carboxylic acid groups (broad SMARTS) is 1. The molecule has 0 aliphatic rings. The van der Waals surface area contributed by atoms with Crippen LogP contribution in [0.1, 0.15) is 30.5 Å². The maximum absolute atomic E-state index is 10.7. The molecule has 23 heavy (non-hydrogen) atoms. The molecule has 0 aliphatic heterocycles. The summed E-state index contributed by atoms with van der Waals surface area (Å²) in [6.07, 6.45) is 2.82. The van der Waals surface area contributed by atoms with Gasteiger partial charge in [0.1, 0.15) is 0 Å². The first-order valence-electron chi connectivity index (χ1n) is 7.76. The van der Waals surface area contributed by atoms with Gasteiger partial charge in [-0.05, 0) is 73.7 Å². The van der Waals surface area contributed by atoms with Gasteiger partial charge in [-0.1, -0.05) is 24.3 Å². The van der Waals surface area contributed by atoms with Crippen molar-refractivity contribution in [1.29, 1.82) is 0 Å². The quantitative estimate of drug-likeness (QED) is 0.773. The molecule has 0 fully saturated rings. The summed E-state index contributed by atoms with van der Waals surface area (Å²) in [4.78, 5) is 10.7. The van der Waals surface area contributed by atoms with Crippen LogP contribution >= 0.6 is 0 Å².